The van der Waals surface area contributed by atoms with Gasteiger partial charge in [-0.1, -0.05) is 54.5 Å². The van der Waals surface area contributed by atoms with Gasteiger partial charge in [0.2, 0.25) is 0 Å². The van der Waals surface area contributed by atoms with Gasteiger partial charge in [0, 0.05) is 37.7 Å². The van der Waals surface area contributed by atoms with Crippen LogP contribution in [-0.2, 0) is 38.0 Å². The molecule has 1 N–H and O–H groups in total. The molecule has 2 spiro atoms. The van der Waals surface area contributed by atoms with E-state index in [0.29, 0.717) is 31.6 Å². The molecule has 0 saturated carbocycles. The fourth-order valence-electron chi connectivity index (χ4n) is 10.4. The van der Waals surface area contributed by atoms with E-state index in [1.165, 1.54) is 0 Å². The van der Waals surface area contributed by atoms with Gasteiger partial charge in [0.25, 0.3) is 0 Å². The lowest BCUT2D eigenvalue weighted by atomic mass is 9.73. The van der Waals surface area contributed by atoms with Crippen LogP contribution < -0.4 is 0 Å². The maximum Gasteiger partial charge on any atom is 0.309 e. The number of aliphatic carboxylic acids is 1. The Morgan fingerprint density at radius 3 is 2.28 bits per heavy atom. The highest BCUT2D eigenvalue weighted by atomic mass is 16.8. The molecule has 0 aromatic heterocycles. The van der Waals surface area contributed by atoms with Crippen molar-refractivity contribution in [1.29, 1.82) is 0 Å². The van der Waals surface area contributed by atoms with Gasteiger partial charge < -0.3 is 33.5 Å². The van der Waals surface area contributed by atoms with Crippen LogP contribution in [0.1, 0.15) is 133 Å². The average Bonchev–Trinajstić information content (AvgIpc) is 3.40. The molecule has 12 unspecified atom stereocenters. The van der Waals surface area contributed by atoms with E-state index in [0.717, 1.165) is 44.9 Å². The van der Waals surface area contributed by atoms with Gasteiger partial charge in [-0.15, -0.1) is 0 Å². The molecule has 0 aliphatic carbocycles. The molecule has 5 aliphatic rings. The summed E-state index contributed by atoms with van der Waals surface area (Å²) in [6.07, 6.45) is 12.3. The second kappa shape index (κ2) is 15.9. The predicted molar refractivity (Wildman–Crippen MR) is 191 cm³/mol. The van der Waals surface area contributed by atoms with Gasteiger partial charge in [-0.2, -0.15) is 0 Å². The smallest absolute Gasteiger partial charge is 0.309 e. The van der Waals surface area contributed by atoms with E-state index < -0.39 is 29.1 Å². The van der Waals surface area contributed by atoms with Crippen LogP contribution in [0.2, 0.25) is 0 Å². The molecule has 0 bridgehead atoms. The van der Waals surface area contributed by atoms with Crippen LogP contribution in [0.4, 0.5) is 0 Å². The molecule has 0 aromatic rings. The van der Waals surface area contributed by atoms with Crippen molar-refractivity contribution in [3.05, 3.63) is 12.2 Å². The van der Waals surface area contributed by atoms with Crippen molar-refractivity contribution >= 4 is 11.8 Å². The molecule has 16 atom stereocenters. The summed E-state index contributed by atoms with van der Waals surface area (Å²) in [6, 6.07) is 0. The van der Waals surface area contributed by atoms with Crippen molar-refractivity contribution in [2.75, 3.05) is 7.11 Å². The highest BCUT2D eigenvalue weighted by molar-refractivity contribution is 5.83. The van der Waals surface area contributed by atoms with Crippen LogP contribution in [0.25, 0.3) is 0 Å². The van der Waals surface area contributed by atoms with Gasteiger partial charge in [-0.25, -0.2) is 0 Å². The number of ketones is 1. The van der Waals surface area contributed by atoms with Gasteiger partial charge in [0.05, 0.1) is 48.1 Å². The predicted octanol–water partition coefficient (Wildman–Crippen LogP) is 8.12. The number of ether oxygens (including phenoxy) is 6. The lowest BCUT2D eigenvalue weighted by Crippen LogP contribution is -2.59. The molecule has 5 rings (SSSR count). The topological polar surface area (TPSA) is 110 Å². The van der Waals surface area contributed by atoms with Crippen LogP contribution >= 0.6 is 0 Å². The zero-order chi connectivity index (χ0) is 36.6. The lowest BCUT2D eigenvalue weighted by Gasteiger charge is -2.53. The van der Waals surface area contributed by atoms with E-state index >= 15 is 0 Å². The van der Waals surface area contributed by atoms with Crippen molar-refractivity contribution in [3.8, 4) is 0 Å². The molecule has 4 saturated heterocycles. The zero-order valence-electron chi connectivity index (χ0n) is 32.7. The van der Waals surface area contributed by atoms with Crippen molar-refractivity contribution < 1.29 is 43.1 Å². The minimum atomic E-state index is -0.965. The highest BCUT2D eigenvalue weighted by Gasteiger charge is 2.59. The maximum absolute atomic E-state index is 14.4. The van der Waals surface area contributed by atoms with Crippen LogP contribution in [0.3, 0.4) is 0 Å². The summed E-state index contributed by atoms with van der Waals surface area (Å²) in [6.45, 7) is 19.1. The Hall–Kier alpha value is -1.36. The Labute approximate surface area is 301 Å². The molecule has 4 fully saturated rings. The van der Waals surface area contributed by atoms with Crippen LogP contribution in [0, 0.1) is 41.4 Å². The first-order chi connectivity index (χ1) is 23.6. The van der Waals surface area contributed by atoms with Crippen LogP contribution in [0.5, 0.6) is 0 Å². The summed E-state index contributed by atoms with van der Waals surface area (Å²) in [7, 11) is 1.75. The summed E-state index contributed by atoms with van der Waals surface area (Å²) in [5.41, 5.74) is -0.470. The number of hydrogen-bond acceptors (Lipinski definition) is 8. The molecule has 286 valence electrons. The fraction of sp³-hybridized carbons (Fsp3) is 0.902. The van der Waals surface area contributed by atoms with E-state index in [4.69, 9.17) is 28.4 Å². The minimum absolute atomic E-state index is 0.00735. The quantitative estimate of drug-likeness (QED) is 0.202. The van der Waals surface area contributed by atoms with Crippen LogP contribution in [0.15, 0.2) is 12.2 Å². The van der Waals surface area contributed by atoms with Gasteiger partial charge in [0.15, 0.2) is 11.6 Å². The molecule has 0 radical (unpaired) electrons. The third kappa shape index (κ3) is 7.94. The van der Waals surface area contributed by atoms with Gasteiger partial charge in [-0.05, 0) is 95.5 Å². The van der Waals surface area contributed by atoms with Gasteiger partial charge in [-0.3, -0.25) is 9.59 Å². The summed E-state index contributed by atoms with van der Waals surface area (Å²) in [4.78, 5) is 26.3. The first-order valence-corrected chi connectivity index (χ1v) is 20.0. The standard InChI is InChI=1S/C41H68O9/c1-11-30(38(43)44)33-15-14-24(3)36(47-33)26(5)22-25(4)35(42)31(12-2)37-27(6)23-28(7)41(48-37)19-13-18-40(50-41)21-20-39(9,49-40)34-17-16-32(45-10)29(8)46-34/h13,19,24-34,36-37H,11-12,14-18,20-23H2,1-10H3,(H,43,44)/t24-,25?,26-,27?,28?,29-,30?,31?,32?,33?,34?,36?,37?,39-,40?,41?/m0/s1. The Morgan fingerprint density at radius 2 is 1.64 bits per heavy atom. The molecular weight excluding hydrogens is 636 g/mol. The number of Topliss-reactive ketones (excluding diaryl/α,β-unsaturated/α-hetero) is 1. The van der Waals surface area contributed by atoms with Gasteiger partial charge >= 0.3 is 5.97 Å². The van der Waals surface area contributed by atoms with Gasteiger partial charge in [0.1, 0.15) is 5.78 Å². The molecule has 0 aromatic carbocycles. The van der Waals surface area contributed by atoms with Crippen molar-refractivity contribution in [2.24, 2.45) is 41.4 Å². The Balaban J connectivity index is 1.26. The number of carbonyl (C=O) groups is 2. The zero-order valence-corrected chi connectivity index (χ0v) is 32.7. The number of rotatable bonds is 12. The highest BCUT2D eigenvalue weighted by Crippen LogP contribution is 2.53. The first kappa shape index (κ1) is 39.8. The second-order valence-electron chi connectivity index (χ2n) is 17.2. The van der Waals surface area contributed by atoms with Crippen molar-refractivity contribution in [1.82, 2.24) is 0 Å². The fourth-order valence-corrected chi connectivity index (χ4v) is 10.4. The number of hydrogen-bond donors (Lipinski definition) is 1. The van der Waals surface area contributed by atoms with E-state index in [9.17, 15) is 14.7 Å². The number of carboxylic acids is 1. The van der Waals surface area contributed by atoms with E-state index in [1.807, 2.05) is 13.8 Å². The molecule has 9 nitrogen and oxygen atoms in total. The number of carboxylic acid groups (broad SMARTS) is 1. The van der Waals surface area contributed by atoms with Crippen LogP contribution in [-0.4, -0.2) is 77.8 Å². The van der Waals surface area contributed by atoms with Crippen molar-refractivity contribution in [2.45, 2.75) is 187 Å². The monoisotopic (exact) mass is 704 g/mol. The summed E-state index contributed by atoms with van der Waals surface area (Å²) >= 11 is 0. The number of carbonyl (C=O) groups excluding carboxylic acids is 1. The molecule has 50 heavy (non-hydrogen) atoms. The van der Waals surface area contributed by atoms with E-state index in [1.54, 1.807) is 7.11 Å². The molecular formula is C41H68O9. The summed E-state index contributed by atoms with van der Waals surface area (Å²) in [5.74, 6) is -2.53. The third-order valence-corrected chi connectivity index (χ3v) is 13.4. The Bertz CT molecular complexity index is 1210. The van der Waals surface area contributed by atoms with E-state index in [-0.39, 0.29) is 72.0 Å². The van der Waals surface area contributed by atoms with E-state index in [2.05, 4.69) is 60.6 Å². The normalized spacial score (nSPS) is 44.6. The summed E-state index contributed by atoms with van der Waals surface area (Å²) in [5, 5.41) is 9.77. The summed E-state index contributed by atoms with van der Waals surface area (Å²) < 4.78 is 39.7. The molecule has 5 heterocycles. The lowest BCUT2D eigenvalue weighted by molar-refractivity contribution is -0.393. The Kier molecular flexibility index (Phi) is 12.7. The average molecular weight is 705 g/mol. The largest absolute Gasteiger partial charge is 0.481 e. The van der Waals surface area contributed by atoms with Crippen molar-refractivity contribution in [3.63, 3.8) is 0 Å². The number of methoxy groups -OCH3 is 1. The third-order valence-electron chi connectivity index (χ3n) is 13.4. The SMILES string of the molecule is CCC(C(=O)O)C1CC[C@H](C)C([C@@H](C)CC(C)C(=O)C(CC)C2OC3(C=CCC4(CC[C@@](C)(C5CCC(OC)[C@H](C)O5)O4)O3)C(C)CC2C)O1. The Morgan fingerprint density at radius 1 is 0.920 bits per heavy atom. The minimum Gasteiger partial charge on any atom is -0.481 e. The second-order valence-corrected chi connectivity index (χ2v) is 17.2. The molecule has 0 amide bonds. The molecule has 5 aliphatic heterocycles. The molecule has 9 heteroatoms. The first-order valence-electron chi connectivity index (χ1n) is 20.0. The maximum atomic E-state index is 14.4.